The van der Waals surface area contributed by atoms with E-state index in [4.69, 9.17) is 0 Å². The Balaban J connectivity index is 5.16. The van der Waals surface area contributed by atoms with E-state index in [1.54, 1.807) is 0 Å². The highest BCUT2D eigenvalue weighted by molar-refractivity contribution is 14.1. The van der Waals surface area contributed by atoms with Crippen LogP contribution in [0.1, 0.15) is 0 Å². The van der Waals surface area contributed by atoms with E-state index in [1.807, 2.05) is 0 Å². The first-order valence-electron chi connectivity index (χ1n) is 2.47. The fourth-order valence-electron chi connectivity index (χ4n) is 0.301. The predicted octanol–water partition coefficient (Wildman–Crippen LogP) is 2.78. The van der Waals surface area contributed by atoms with Crippen molar-refractivity contribution in [2.45, 2.75) is 15.8 Å². The molecule has 0 heterocycles. The van der Waals surface area contributed by atoms with Crippen molar-refractivity contribution in [2.24, 2.45) is 0 Å². The summed E-state index contributed by atoms with van der Waals surface area (Å²) in [4.78, 5) is 9.40. The third-order valence-electron chi connectivity index (χ3n) is 0.997. The second kappa shape index (κ2) is 3.24. The lowest BCUT2D eigenvalue weighted by atomic mass is 10.2. The first-order chi connectivity index (χ1) is 5.44. The zero-order valence-electron chi connectivity index (χ0n) is 5.43. The molecule has 78 valence electrons. The van der Waals surface area contributed by atoms with Gasteiger partial charge in [0.05, 0.1) is 0 Å². The van der Waals surface area contributed by atoms with Crippen molar-refractivity contribution in [1.29, 1.82) is 0 Å². The van der Waals surface area contributed by atoms with Gasteiger partial charge >= 0.3 is 21.8 Å². The molecule has 0 amide bonds. The van der Waals surface area contributed by atoms with E-state index >= 15 is 0 Å². The summed E-state index contributed by atoms with van der Waals surface area (Å²) < 4.78 is 76.9. The smallest absolute Gasteiger partial charge is 0.254 e. The Hall–Kier alpha value is -0.0900. The van der Waals surface area contributed by atoms with Crippen LogP contribution in [0.2, 0.25) is 0 Å². The fraction of sp³-hybridized carbons (Fsp3) is 0.750. The summed E-state index contributed by atoms with van der Waals surface area (Å²) in [6.07, 6.45) is -6.03. The van der Waals surface area contributed by atoms with Crippen molar-refractivity contribution in [2.75, 3.05) is 0 Å². The number of halogens is 8. The lowest BCUT2D eigenvalue weighted by molar-refractivity contribution is -0.251. The molecule has 13 heavy (non-hydrogen) atoms. The van der Waals surface area contributed by atoms with E-state index < -0.39 is 21.8 Å². The molecule has 0 aliphatic heterocycles. The third kappa shape index (κ3) is 2.05. The van der Waals surface area contributed by atoms with Crippen molar-refractivity contribution < 1.29 is 35.5 Å². The lowest BCUT2D eigenvalue weighted by Gasteiger charge is -2.26. The highest BCUT2D eigenvalue weighted by atomic mass is 127. The Labute approximate surface area is 80.4 Å². The number of carbonyl (C=O) groups excluding carboxylic acids is 1. The van der Waals surface area contributed by atoms with Gasteiger partial charge < -0.3 is 0 Å². The summed E-state index contributed by atoms with van der Waals surface area (Å²) in [5.74, 6) is -5.73. The van der Waals surface area contributed by atoms with Gasteiger partial charge in [0.2, 0.25) is 0 Å². The Morgan fingerprint density at radius 2 is 1.31 bits per heavy atom. The largest absolute Gasteiger partial charge is 0.438 e. The molecule has 9 heteroatoms. The molecule has 0 aromatic rings. The molecule has 0 aromatic carbocycles. The molecule has 1 nitrogen and oxygen atoms in total. The van der Waals surface area contributed by atoms with Crippen LogP contribution in [0.25, 0.3) is 0 Å². The Morgan fingerprint density at radius 3 is 1.38 bits per heavy atom. The highest BCUT2D eigenvalue weighted by Gasteiger charge is 2.73. The normalized spacial score (nSPS) is 18.2. The van der Waals surface area contributed by atoms with Crippen LogP contribution in [-0.4, -0.2) is 21.8 Å². The molecule has 0 saturated heterocycles. The summed E-state index contributed by atoms with van der Waals surface area (Å²) in [5.41, 5.74) is 0. The van der Waals surface area contributed by atoms with Crippen molar-refractivity contribution in [1.82, 2.24) is 0 Å². The average molecular weight is 324 g/mol. The van der Waals surface area contributed by atoms with Crippen LogP contribution >= 0.6 is 22.6 Å². The standard InChI is InChI=1S/C4F7IO/c5-1(13)2(6,7)3(8,12)4(9,10)11. The van der Waals surface area contributed by atoms with Gasteiger partial charge in [-0.2, -0.15) is 26.3 Å². The minimum atomic E-state index is -6.03. The van der Waals surface area contributed by atoms with Gasteiger partial charge in [0.25, 0.3) is 0 Å². The van der Waals surface area contributed by atoms with E-state index in [1.165, 1.54) is 0 Å². The Kier molecular flexibility index (Phi) is 3.22. The molecule has 0 aliphatic carbocycles. The quantitative estimate of drug-likeness (QED) is 0.330. The van der Waals surface area contributed by atoms with Crippen molar-refractivity contribution in [3.63, 3.8) is 0 Å². The summed E-state index contributed by atoms with van der Waals surface area (Å²) in [5, 5.41) is 0. The molecule has 0 aliphatic rings. The summed E-state index contributed by atoms with van der Waals surface area (Å²) in [6, 6.07) is -3.67. The van der Waals surface area contributed by atoms with Crippen LogP contribution in [0.4, 0.5) is 30.7 Å². The van der Waals surface area contributed by atoms with Crippen LogP contribution < -0.4 is 0 Å². The number of alkyl halides is 7. The SMILES string of the molecule is O=C(F)C(F)(F)C(F)(I)C(F)(F)F. The monoisotopic (exact) mass is 324 g/mol. The van der Waals surface area contributed by atoms with Gasteiger partial charge in [-0.25, -0.2) is 4.39 Å². The van der Waals surface area contributed by atoms with Gasteiger partial charge in [0.15, 0.2) is 0 Å². The molecule has 0 N–H and O–H groups in total. The number of hydrogen-bond donors (Lipinski definition) is 0. The second-order valence-corrected chi connectivity index (χ2v) is 3.41. The van der Waals surface area contributed by atoms with E-state index in [2.05, 4.69) is 0 Å². The van der Waals surface area contributed by atoms with Crippen LogP contribution in [0.15, 0.2) is 0 Å². The van der Waals surface area contributed by atoms with Gasteiger partial charge in [-0.1, -0.05) is 0 Å². The Bertz CT molecular complexity index is 219. The average Bonchev–Trinajstić information content (AvgIpc) is 1.84. The maximum atomic E-state index is 12.3. The van der Waals surface area contributed by atoms with Crippen LogP contribution in [-0.2, 0) is 4.79 Å². The molecule has 0 fully saturated rings. The van der Waals surface area contributed by atoms with Crippen molar-refractivity contribution >= 4 is 28.6 Å². The van der Waals surface area contributed by atoms with Gasteiger partial charge in [-0.3, -0.25) is 4.79 Å². The van der Waals surface area contributed by atoms with E-state index in [-0.39, 0.29) is 22.6 Å². The van der Waals surface area contributed by atoms with Crippen molar-refractivity contribution in [3.05, 3.63) is 0 Å². The second-order valence-electron chi connectivity index (χ2n) is 1.92. The molecule has 1 atom stereocenters. The molecular formula is C4F7IO. The summed E-state index contributed by atoms with van der Waals surface area (Å²) in [6.45, 7) is 0. The predicted molar refractivity (Wildman–Crippen MR) is 35.0 cm³/mol. The topological polar surface area (TPSA) is 17.1 Å². The summed E-state index contributed by atoms with van der Waals surface area (Å²) in [7, 11) is 0. The Morgan fingerprint density at radius 1 is 1.00 bits per heavy atom. The zero-order valence-corrected chi connectivity index (χ0v) is 7.59. The number of hydrogen-bond acceptors (Lipinski definition) is 1. The van der Waals surface area contributed by atoms with Crippen LogP contribution in [0.5, 0.6) is 0 Å². The molecule has 0 aromatic heterocycles. The third-order valence-corrected chi connectivity index (χ3v) is 2.29. The molecule has 0 rings (SSSR count). The van der Waals surface area contributed by atoms with E-state index in [9.17, 15) is 35.5 Å². The minimum absolute atomic E-state index is 0.362. The van der Waals surface area contributed by atoms with E-state index in [0.29, 0.717) is 0 Å². The van der Waals surface area contributed by atoms with E-state index in [0.717, 1.165) is 0 Å². The fourth-order valence-corrected chi connectivity index (χ4v) is 0.513. The van der Waals surface area contributed by atoms with Gasteiger partial charge in [0, 0.05) is 0 Å². The molecule has 1 unspecified atom stereocenters. The van der Waals surface area contributed by atoms with Crippen molar-refractivity contribution in [3.8, 4) is 0 Å². The molecule has 0 saturated carbocycles. The zero-order chi connectivity index (χ0) is 11.1. The summed E-state index contributed by atoms with van der Waals surface area (Å²) >= 11 is -0.362. The van der Waals surface area contributed by atoms with Gasteiger partial charge in [-0.15, -0.1) is 0 Å². The maximum Gasteiger partial charge on any atom is 0.438 e. The van der Waals surface area contributed by atoms with Gasteiger partial charge in [-0.05, 0) is 22.6 Å². The number of rotatable bonds is 2. The molecule has 0 radical (unpaired) electrons. The first-order valence-corrected chi connectivity index (χ1v) is 3.54. The van der Waals surface area contributed by atoms with Crippen LogP contribution in [0.3, 0.4) is 0 Å². The minimum Gasteiger partial charge on any atom is -0.254 e. The molecule has 0 spiro atoms. The maximum absolute atomic E-state index is 12.3. The molecular weight excluding hydrogens is 324 g/mol. The number of carbonyl (C=O) groups is 1. The first kappa shape index (κ1) is 12.9. The van der Waals surface area contributed by atoms with Gasteiger partial charge in [0.1, 0.15) is 0 Å². The lowest BCUT2D eigenvalue weighted by Crippen LogP contribution is -2.53. The molecule has 0 bridgehead atoms. The highest BCUT2D eigenvalue weighted by Crippen LogP contribution is 2.50. The van der Waals surface area contributed by atoms with Crippen LogP contribution in [0, 0.1) is 0 Å².